The molecule has 1 saturated carbocycles. The van der Waals surface area contributed by atoms with Crippen molar-refractivity contribution in [2.45, 2.75) is 44.4 Å². The van der Waals surface area contributed by atoms with E-state index in [-0.39, 0.29) is 16.7 Å². The quantitative estimate of drug-likeness (QED) is 0.676. The molecule has 3 aromatic heterocycles. The highest BCUT2D eigenvalue weighted by molar-refractivity contribution is 6.03. The molecule has 160 valence electrons. The van der Waals surface area contributed by atoms with Crippen molar-refractivity contribution in [2.75, 3.05) is 17.2 Å². The van der Waals surface area contributed by atoms with Crippen LogP contribution < -0.4 is 10.6 Å². The fourth-order valence-corrected chi connectivity index (χ4v) is 5.00. The summed E-state index contributed by atoms with van der Waals surface area (Å²) in [5.74, 6) is 1.30. The smallest absolute Gasteiger partial charge is 0.274 e. The Morgan fingerprint density at radius 3 is 2.77 bits per heavy atom. The lowest BCUT2D eigenvalue weighted by Crippen LogP contribution is -2.43. The van der Waals surface area contributed by atoms with Gasteiger partial charge in [0, 0.05) is 25.2 Å². The fraction of sp³-hybridized carbons (Fsp3) is 0.435. The Balaban J connectivity index is 1.43. The van der Waals surface area contributed by atoms with E-state index in [1.807, 2.05) is 29.9 Å². The van der Waals surface area contributed by atoms with Gasteiger partial charge in [0.05, 0.1) is 28.7 Å². The number of amides is 1. The summed E-state index contributed by atoms with van der Waals surface area (Å²) in [6, 6.07) is 5.69. The van der Waals surface area contributed by atoms with E-state index in [1.54, 1.807) is 18.6 Å². The highest BCUT2D eigenvalue weighted by atomic mass is 16.1. The maximum atomic E-state index is 13.0. The van der Waals surface area contributed by atoms with Crippen LogP contribution in [0.5, 0.6) is 0 Å². The molecule has 0 atom stereocenters. The Labute approximate surface area is 181 Å². The lowest BCUT2D eigenvalue weighted by Gasteiger charge is -2.45. The number of pyridine rings is 2. The highest BCUT2D eigenvalue weighted by Crippen LogP contribution is 2.51. The molecule has 2 aliphatic rings. The van der Waals surface area contributed by atoms with E-state index >= 15 is 0 Å². The molecule has 0 bridgehead atoms. The number of nitrogens with zero attached hydrogens (tertiary/aromatic N) is 5. The third kappa shape index (κ3) is 3.17. The maximum Gasteiger partial charge on any atom is 0.274 e. The van der Waals surface area contributed by atoms with Gasteiger partial charge in [0.25, 0.3) is 5.91 Å². The molecule has 1 fully saturated rings. The van der Waals surface area contributed by atoms with Crippen LogP contribution in [0.15, 0.2) is 36.9 Å². The number of aryl methyl sites for hydroxylation is 1. The van der Waals surface area contributed by atoms with Gasteiger partial charge in [0.15, 0.2) is 0 Å². The van der Waals surface area contributed by atoms with Gasteiger partial charge in [0.2, 0.25) is 0 Å². The molecule has 0 saturated heterocycles. The molecule has 0 aromatic carbocycles. The van der Waals surface area contributed by atoms with Gasteiger partial charge in [-0.1, -0.05) is 20.8 Å². The Morgan fingerprint density at radius 2 is 2.06 bits per heavy atom. The number of carbonyl (C=O) groups is 1. The van der Waals surface area contributed by atoms with E-state index in [2.05, 4.69) is 51.6 Å². The minimum atomic E-state index is -0.237. The third-order valence-electron chi connectivity index (χ3n) is 6.57. The van der Waals surface area contributed by atoms with Gasteiger partial charge in [-0.05, 0) is 42.5 Å². The van der Waals surface area contributed by atoms with Crippen LogP contribution in [0.3, 0.4) is 0 Å². The molecule has 1 aliphatic carbocycles. The van der Waals surface area contributed by atoms with Crippen LogP contribution in [0.4, 0.5) is 11.4 Å². The van der Waals surface area contributed by atoms with E-state index in [0.29, 0.717) is 17.3 Å². The highest BCUT2D eigenvalue weighted by Gasteiger charge is 2.48. The Kier molecular flexibility index (Phi) is 4.35. The van der Waals surface area contributed by atoms with Crippen molar-refractivity contribution in [3.05, 3.63) is 59.7 Å². The minimum Gasteiger partial charge on any atom is -0.383 e. The molecule has 0 spiro atoms. The monoisotopic (exact) mass is 417 g/mol. The van der Waals surface area contributed by atoms with E-state index in [1.165, 1.54) is 0 Å². The third-order valence-corrected chi connectivity index (χ3v) is 6.57. The van der Waals surface area contributed by atoms with Crippen LogP contribution in [0, 0.1) is 5.92 Å². The normalized spacial score (nSPS) is 23.5. The molecule has 3 aromatic rings. The second-order valence-electron chi connectivity index (χ2n) is 9.61. The van der Waals surface area contributed by atoms with Gasteiger partial charge in [-0.15, -0.1) is 10.2 Å². The first-order valence-electron chi connectivity index (χ1n) is 10.7. The molecule has 31 heavy (non-hydrogen) atoms. The predicted octanol–water partition coefficient (Wildman–Crippen LogP) is 3.28. The number of hydrogen-bond acceptors (Lipinski definition) is 6. The van der Waals surface area contributed by atoms with Gasteiger partial charge in [-0.3, -0.25) is 9.78 Å². The molecule has 8 heteroatoms. The largest absolute Gasteiger partial charge is 0.383 e. The van der Waals surface area contributed by atoms with Crippen molar-refractivity contribution in [1.82, 2.24) is 24.7 Å². The van der Waals surface area contributed by atoms with Gasteiger partial charge in [0.1, 0.15) is 17.8 Å². The average Bonchev–Trinajstić information content (AvgIpc) is 3.28. The summed E-state index contributed by atoms with van der Waals surface area (Å²) in [5, 5.41) is 14.8. The number of rotatable bonds is 4. The number of hydrogen-bond donors (Lipinski definition) is 2. The lowest BCUT2D eigenvalue weighted by molar-refractivity contribution is 0.102. The zero-order chi connectivity index (χ0) is 21.8. The number of anilines is 2. The average molecular weight is 418 g/mol. The van der Waals surface area contributed by atoms with Crippen LogP contribution in [0.25, 0.3) is 0 Å². The summed E-state index contributed by atoms with van der Waals surface area (Å²) in [6.45, 7) is 7.30. The Hall–Kier alpha value is -3.29. The van der Waals surface area contributed by atoms with Crippen molar-refractivity contribution in [2.24, 2.45) is 13.0 Å². The second-order valence-corrected chi connectivity index (χ2v) is 9.61. The van der Waals surface area contributed by atoms with Crippen molar-refractivity contribution in [1.29, 1.82) is 0 Å². The van der Waals surface area contributed by atoms with Crippen molar-refractivity contribution < 1.29 is 4.79 Å². The first-order valence-corrected chi connectivity index (χ1v) is 10.7. The molecule has 0 radical (unpaired) electrons. The number of fused-ring (bicyclic) bond motifs is 1. The van der Waals surface area contributed by atoms with Crippen molar-refractivity contribution in [3.63, 3.8) is 0 Å². The van der Waals surface area contributed by atoms with E-state index in [0.717, 1.165) is 42.2 Å². The zero-order valence-electron chi connectivity index (χ0n) is 18.3. The molecule has 1 aliphatic heterocycles. The number of aromatic nitrogens is 5. The summed E-state index contributed by atoms with van der Waals surface area (Å²) >= 11 is 0. The zero-order valence-corrected chi connectivity index (χ0v) is 18.3. The van der Waals surface area contributed by atoms with E-state index in [9.17, 15) is 4.79 Å². The standard InChI is InChI=1S/C23H27N7O/c1-14-8-23(9-14,21-29-26-13-30(21)4)15-7-16(11-24-10-15)27-20(31)18-6-5-17-19(28-18)22(2,3)12-25-17/h5-7,10-11,13-14,25H,8-9,12H2,1-4H3,(H,27,31). The first-order chi connectivity index (χ1) is 14.8. The van der Waals surface area contributed by atoms with E-state index in [4.69, 9.17) is 0 Å². The first kappa shape index (κ1) is 19.7. The topological polar surface area (TPSA) is 97.6 Å². The lowest BCUT2D eigenvalue weighted by atomic mass is 9.59. The summed E-state index contributed by atoms with van der Waals surface area (Å²) in [7, 11) is 1.97. The van der Waals surface area contributed by atoms with Gasteiger partial charge >= 0.3 is 0 Å². The maximum absolute atomic E-state index is 13.0. The van der Waals surface area contributed by atoms with Gasteiger partial charge < -0.3 is 15.2 Å². The molecular formula is C23H27N7O. The van der Waals surface area contributed by atoms with Crippen molar-refractivity contribution >= 4 is 17.3 Å². The fourth-order valence-electron chi connectivity index (χ4n) is 5.00. The number of carbonyl (C=O) groups excluding carboxylic acids is 1. The molecule has 2 N–H and O–H groups in total. The second kappa shape index (κ2) is 6.87. The SMILES string of the molecule is CC1CC(c2cncc(NC(=O)c3ccc4c(n3)C(C)(C)CN4)c2)(c2nncn2C)C1. The van der Waals surface area contributed by atoms with Gasteiger partial charge in [-0.2, -0.15) is 0 Å². The molecule has 1 amide bonds. The van der Waals surface area contributed by atoms with Crippen LogP contribution in [-0.2, 0) is 17.9 Å². The molecular weight excluding hydrogens is 390 g/mol. The summed E-state index contributed by atoms with van der Waals surface area (Å²) < 4.78 is 1.97. The van der Waals surface area contributed by atoms with Crippen LogP contribution in [0.1, 0.15) is 61.2 Å². The van der Waals surface area contributed by atoms with Crippen LogP contribution in [0.2, 0.25) is 0 Å². The molecule has 0 unspecified atom stereocenters. The Morgan fingerprint density at radius 1 is 1.26 bits per heavy atom. The summed E-state index contributed by atoms with van der Waals surface area (Å²) in [4.78, 5) is 22.0. The van der Waals surface area contributed by atoms with Gasteiger partial charge in [-0.25, -0.2) is 4.98 Å². The number of nitrogens with one attached hydrogen (secondary N) is 2. The molecule has 8 nitrogen and oxygen atoms in total. The van der Waals surface area contributed by atoms with E-state index < -0.39 is 0 Å². The van der Waals surface area contributed by atoms with Crippen LogP contribution >= 0.6 is 0 Å². The van der Waals surface area contributed by atoms with Crippen LogP contribution in [-0.4, -0.2) is 37.2 Å². The van der Waals surface area contributed by atoms with Crippen molar-refractivity contribution in [3.8, 4) is 0 Å². The summed E-state index contributed by atoms with van der Waals surface area (Å²) in [6.07, 6.45) is 7.24. The molecule has 4 heterocycles. The Bertz CT molecular complexity index is 1160. The minimum absolute atomic E-state index is 0.101. The summed E-state index contributed by atoms with van der Waals surface area (Å²) in [5.41, 5.74) is 3.71. The molecule has 5 rings (SSSR count). The predicted molar refractivity (Wildman–Crippen MR) is 118 cm³/mol.